The van der Waals surface area contributed by atoms with Crippen LogP contribution in [0.2, 0.25) is 0 Å². The third kappa shape index (κ3) is 6.40. The molecule has 1 aliphatic rings. The van der Waals surface area contributed by atoms with Crippen LogP contribution < -0.4 is 10.0 Å². The van der Waals surface area contributed by atoms with Crippen LogP contribution in [0.1, 0.15) is 43.7 Å². The molecule has 0 aromatic heterocycles. The highest BCUT2D eigenvalue weighted by Gasteiger charge is 2.45. The van der Waals surface area contributed by atoms with Gasteiger partial charge >= 0.3 is 5.97 Å². The van der Waals surface area contributed by atoms with Gasteiger partial charge in [0.05, 0.1) is 12.4 Å². The predicted molar refractivity (Wildman–Crippen MR) is 122 cm³/mol. The fraction of sp³-hybridized carbons (Fsp3) is 0.417. The molecule has 32 heavy (non-hydrogen) atoms. The molecular weight excluding hydrogens is 428 g/mol. The highest BCUT2D eigenvalue weighted by Crippen LogP contribution is 2.31. The van der Waals surface area contributed by atoms with Crippen LogP contribution >= 0.6 is 0 Å². The number of sulfonamides is 1. The lowest BCUT2D eigenvalue weighted by Crippen LogP contribution is -2.60. The van der Waals surface area contributed by atoms with Crippen molar-refractivity contribution in [3.05, 3.63) is 71.8 Å². The fourth-order valence-electron chi connectivity index (χ4n) is 4.06. The lowest BCUT2D eigenvalue weighted by molar-refractivity contribution is -0.148. The van der Waals surface area contributed by atoms with Gasteiger partial charge in [0.1, 0.15) is 11.6 Å². The van der Waals surface area contributed by atoms with Gasteiger partial charge in [-0.2, -0.15) is 4.72 Å². The van der Waals surface area contributed by atoms with E-state index in [0.717, 1.165) is 18.4 Å². The van der Waals surface area contributed by atoms with E-state index in [2.05, 4.69) is 10.0 Å². The zero-order valence-electron chi connectivity index (χ0n) is 18.3. The molecule has 8 heteroatoms. The Balaban J connectivity index is 1.77. The molecule has 1 amide bonds. The monoisotopic (exact) mass is 458 g/mol. The molecular formula is C24H30N2O5S. The minimum absolute atomic E-state index is 0.189. The second-order valence-electron chi connectivity index (χ2n) is 8.10. The zero-order chi connectivity index (χ0) is 23.0. The molecule has 7 nitrogen and oxygen atoms in total. The average molecular weight is 459 g/mol. The van der Waals surface area contributed by atoms with Crippen LogP contribution in [-0.4, -0.2) is 38.5 Å². The maximum atomic E-state index is 13.4. The molecule has 0 spiro atoms. The van der Waals surface area contributed by atoms with Crippen LogP contribution in [0.4, 0.5) is 0 Å². The van der Waals surface area contributed by atoms with Crippen LogP contribution in [0.3, 0.4) is 0 Å². The van der Waals surface area contributed by atoms with E-state index in [9.17, 15) is 18.0 Å². The van der Waals surface area contributed by atoms with Crippen molar-refractivity contribution in [1.29, 1.82) is 0 Å². The molecule has 2 aromatic rings. The number of carbonyl (C=O) groups is 2. The number of rotatable bonds is 10. The molecule has 1 saturated carbocycles. The molecule has 172 valence electrons. The molecule has 3 rings (SSSR count). The molecule has 0 radical (unpaired) electrons. The van der Waals surface area contributed by atoms with Crippen LogP contribution in [0.25, 0.3) is 0 Å². The van der Waals surface area contributed by atoms with Crippen molar-refractivity contribution in [2.45, 2.75) is 56.4 Å². The summed E-state index contributed by atoms with van der Waals surface area (Å²) in [6, 6.07) is 17.3. The molecule has 0 saturated heterocycles. The first-order chi connectivity index (χ1) is 15.3. The first-order valence-corrected chi connectivity index (χ1v) is 12.6. The summed E-state index contributed by atoms with van der Waals surface area (Å²) < 4.78 is 33.6. The maximum absolute atomic E-state index is 13.4. The number of benzene rings is 2. The number of ether oxygens (including phenoxy) is 1. The summed E-state index contributed by atoms with van der Waals surface area (Å²) in [5, 5.41) is 2.78. The summed E-state index contributed by atoms with van der Waals surface area (Å²) in [6.07, 6.45) is 2.48. The summed E-state index contributed by atoms with van der Waals surface area (Å²) in [5.41, 5.74) is 0.243. The summed E-state index contributed by atoms with van der Waals surface area (Å²) in [4.78, 5) is 25.9. The summed E-state index contributed by atoms with van der Waals surface area (Å²) in [6.45, 7) is 1.89. The van der Waals surface area contributed by atoms with Crippen LogP contribution in [0, 0.1) is 0 Å². The molecule has 0 bridgehead atoms. The van der Waals surface area contributed by atoms with E-state index in [0.29, 0.717) is 18.4 Å². The van der Waals surface area contributed by atoms with Gasteiger partial charge in [0.25, 0.3) is 0 Å². The highest BCUT2D eigenvalue weighted by atomic mass is 32.2. The van der Waals surface area contributed by atoms with Gasteiger partial charge in [-0.15, -0.1) is 0 Å². The van der Waals surface area contributed by atoms with Crippen molar-refractivity contribution >= 4 is 21.9 Å². The van der Waals surface area contributed by atoms with Gasteiger partial charge in [0.15, 0.2) is 0 Å². The van der Waals surface area contributed by atoms with Crippen molar-refractivity contribution in [2.24, 2.45) is 0 Å². The Bertz CT molecular complexity index is 1000. The molecule has 1 aliphatic carbocycles. The number of esters is 1. The van der Waals surface area contributed by atoms with Crippen molar-refractivity contribution in [3.63, 3.8) is 0 Å². The fourth-order valence-corrected chi connectivity index (χ4v) is 5.66. The number of amides is 1. The van der Waals surface area contributed by atoms with E-state index in [1.54, 1.807) is 31.2 Å². The third-order valence-electron chi connectivity index (χ3n) is 5.60. The standard InChI is InChI=1S/C24H30N2O5S/c1-2-31-22(27)21(17-19-11-5-3-6-12-19)25-23(28)24(15-9-10-16-24)26-32(29,30)18-20-13-7-4-8-14-20/h3-8,11-14,21,26H,2,9-10,15-18H2,1H3,(H,25,28)/t21-/m0/s1. The Morgan fingerprint density at radius 2 is 1.53 bits per heavy atom. The molecule has 0 aliphatic heterocycles. The lowest BCUT2D eigenvalue weighted by atomic mass is 9.96. The number of carbonyl (C=O) groups excluding carboxylic acids is 2. The van der Waals surface area contributed by atoms with E-state index in [4.69, 9.17) is 4.74 Å². The molecule has 2 aromatic carbocycles. The predicted octanol–water partition coefficient (Wildman–Crippen LogP) is 2.71. The van der Waals surface area contributed by atoms with Gasteiger partial charge in [0.2, 0.25) is 15.9 Å². The van der Waals surface area contributed by atoms with Gasteiger partial charge < -0.3 is 10.1 Å². The van der Waals surface area contributed by atoms with E-state index in [-0.39, 0.29) is 18.8 Å². The average Bonchev–Trinajstić information content (AvgIpc) is 3.23. The Hall–Kier alpha value is -2.71. The molecule has 2 N–H and O–H groups in total. The number of nitrogens with one attached hydrogen (secondary N) is 2. The third-order valence-corrected chi connectivity index (χ3v) is 7.02. The van der Waals surface area contributed by atoms with Gasteiger partial charge in [-0.05, 0) is 30.9 Å². The van der Waals surface area contributed by atoms with E-state index >= 15 is 0 Å². The number of hydrogen-bond donors (Lipinski definition) is 2. The first kappa shape index (κ1) is 23.9. The van der Waals surface area contributed by atoms with Crippen molar-refractivity contribution in [3.8, 4) is 0 Å². The summed E-state index contributed by atoms with van der Waals surface area (Å²) in [7, 11) is -3.77. The Labute approximate surface area is 189 Å². The van der Waals surface area contributed by atoms with Crippen LogP contribution in [0.5, 0.6) is 0 Å². The lowest BCUT2D eigenvalue weighted by Gasteiger charge is -2.30. The normalized spacial score (nSPS) is 16.3. The Morgan fingerprint density at radius 1 is 0.969 bits per heavy atom. The van der Waals surface area contributed by atoms with Crippen molar-refractivity contribution in [1.82, 2.24) is 10.0 Å². The quantitative estimate of drug-likeness (QED) is 0.533. The number of hydrogen-bond acceptors (Lipinski definition) is 5. The minimum Gasteiger partial charge on any atom is -0.464 e. The first-order valence-electron chi connectivity index (χ1n) is 10.9. The summed E-state index contributed by atoms with van der Waals surface area (Å²) >= 11 is 0. The van der Waals surface area contributed by atoms with Gasteiger partial charge in [0, 0.05) is 6.42 Å². The smallest absolute Gasteiger partial charge is 0.328 e. The van der Waals surface area contributed by atoms with E-state index in [1.807, 2.05) is 36.4 Å². The Kier molecular flexibility index (Phi) is 8.04. The SMILES string of the molecule is CCOC(=O)[C@H](Cc1ccccc1)NC(=O)C1(NS(=O)(=O)Cc2ccccc2)CCCC1. The molecule has 0 heterocycles. The molecule has 1 atom stereocenters. The second kappa shape index (κ2) is 10.7. The van der Waals surface area contributed by atoms with Crippen LogP contribution in [0.15, 0.2) is 60.7 Å². The van der Waals surface area contributed by atoms with Crippen molar-refractivity contribution in [2.75, 3.05) is 6.61 Å². The molecule has 0 unspecified atom stereocenters. The second-order valence-corrected chi connectivity index (χ2v) is 9.83. The minimum atomic E-state index is -3.77. The van der Waals surface area contributed by atoms with Crippen LogP contribution in [-0.2, 0) is 36.5 Å². The summed E-state index contributed by atoms with van der Waals surface area (Å²) in [5.74, 6) is -1.24. The van der Waals surface area contributed by atoms with E-state index in [1.165, 1.54) is 0 Å². The van der Waals surface area contributed by atoms with E-state index < -0.39 is 33.5 Å². The van der Waals surface area contributed by atoms with Gasteiger partial charge in [-0.25, -0.2) is 13.2 Å². The largest absolute Gasteiger partial charge is 0.464 e. The van der Waals surface area contributed by atoms with Gasteiger partial charge in [-0.3, -0.25) is 4.79 Å². The zero-order valence-corrected chi connectivity index (χ0v) is 19.1. The van der Waals surface area contributed by atoms with Crippen molar-refractivity contribution < 1.29 is 22.7 Å². The maximum Gasteiger partial charge on any atom is 0.328 e. The van der Waals surface area contributed by atoms with Gasteiger partial charge in [-0.1, -0.05) is 73.5 Å². The molecule has 1 fully saturated rings. The highest BCUT2D eigenvalue weighted by molar-refractivity contribution is 7.88. The topological polar surface area (TPSA) is 102 Å². The Morgan fingerprint density at radius 3 is 2.09 bits per heavy atom.